The summed E-state index contributed by atoms with van der Waals surface area (Å²) in [6, 6.07) is 8.02. The highest BCUT2D eigenvalue weighted by Crippen LogP contribution is 2.20. The molecule has 2 rings (SSSR count). The van der Waals surface area contributed by atoms with Crippen LogP contribution in [0.5, 0.6) is 0 Å². The molecule has 0 aliphatic rings. The number of aryl methyl sites for hydroxylation is 1. The summed E-state index contributed by atoms with van der Waals surface area (Å²) < 4.78 is 9.69. The van der Waals surface area contributed by atoms with E-state index in [1.54, 1.807) is 0 Å². The minimum Gasteiger partial charge on any atom is -0.469 e. The van der Waals surface area contributed by atoms with E-state index in [9.17, 15) is 9.59 Å². The van der Waals surface area contributed by atoms with E-state index >= 15 is 0 Å². The van der Waals surface area contributed by atoms with Crippen LogP contribution in [0, 0.1) is 0 Å². The average molecular weight is 345 g/mol. The van der Waals surface area contributed by atoms with Crippen molar-refractivity contribution in [3.63, 3.8) is 0 Å². The van der Waals surface area contributed by atoms with Crippen LogP contribution < -0.4 is 5.32 Å². The first-order valence-corrected chi connectivity index (χ1v) is 8.26. The van der Waals surface area contributed by atoms with Gasteiger partial charge < -0.3 is 14.6 Å². The number of carbonyl (C=O) groups excluding carboxylic acids is 2. The Morgan fingerprint density at radius 2 is 1.92 bits per heavy atom. The maximum atomic E-state index is 11.7. The van der Waals surface area contributed by atoms with Crippen molar-refractivity contribution in [3.8, 4) is 11.4 Å². The van der Waals surface area contributed by atoms with Crippen molar-refractivity contribution in [3.05, 3.63) is 35.7 Å². The third-order valence-corrected chi connectivity index (χ3v) is 3.75. The van der Waals surface area contributed by atoms with E-state index in [-0.39, 0.29) is 31.3 Å². The fraction of sp³-hybridized carbons (Fsp3) is 0.444. The molecule has 0 saturated heterocycles. The van der Waals surface area contributed by atoms with Gasteiger partial charge in [0.1, 0.15) is 0 Å². The van der Waals surface area contributed by atoms with Gasteiger partial charge in [0.2, 0.25) is 17.6 Å². The van der Waals surface area contributed by atoms with Gasteiger partial charge in [0.05, 0.1) is 13.5 Å². The van der Waals surface area contributed by atoms with Crippen molar-refractivity contribution in [2.45, 2.75) is 39.0 Å². The molecule has 25 heavy (non-hydrogen) atoms. The van der Waals surface area contributed by atoms with Crippen molar-refractivity contribution in [2.75, 3.05) is 13.7 Å². The number of methoxy groups -OCH3 is 1. The molecular formula is C18H23N3O4. The Balaban J connectivity index is 1.83. The van der Waals surface area contributed by atoms with Crippen LogP contribution in [0.4, 0.5) is 0 Å². The third-order valence-electron chi connectivity index (χ3n) is 3.75. The molecule has 1 aromatic heterocycles. The molecule has 0 bridgehead atoms. The molecule has 2 aromatic rings. The zero-order valence-corrected chi connectivity index (χ0v) is 14.7. The molecule has 7 heteroatoms. The zero-order chi connectivity index (χ0) is 18.2. The summed E-state index contributed by atoms with van der Waals surface area (Å²) >= 11 is 0. The molecule has 1 N–H and O–H groups in total. The van der Waals surface area contributed by atoms with Gasteiger partial charge in [0.15, 0.2) is 0 Å². The predicted octanol–water partition coefficient (Wildman–Crippen LogP) is 2.47. The number of amides is 1. The van der Waals surface area contributed by atoms with E-state index in [0.717, 1.165) is 5.56 Å². The normalized spacial score (nSPS) is 10.7. The number of esters is 1. The molecule has 0 aliphatic carbocycles. The van der Waals surface area contributed by atoms with Gasteiger partial charge in [0.25, 0.3) is 0 Å². The standard InChI is InChI=1S/C18H23N3O4/c1-12(2)13-4-6-14(7-5-13)18-20-16(25-21-18)9-8-15(22)19-11-10-17(23)24-3/h4-7,12H,8-11H2,1-3H3,(H,19,22). The van der Waals surface area contributed by atoms with Gasteiger partial charge in [-0.15, -0.1) is 0 Å². The van der Waals surface area contributed by atoms with Crippen molar-refractivity contribution < 1.29 is 18.8 Å². The summed E-state index contributed by atoms with van der Waals surface area (Å²) in [5, 5.41) is 6.60. The van der Waals surface area contributed by atoms with Crippen LogP contribution in [0.3, 0.4) is 0 Å². The Labute approximate surface area is 146 Å². The van der Waals surface area contributed by atoms with Crippen molar-refractivity contribution >= 4 is 11.9 Å². The van der Waals surface area contributed by atoms with Gasteiger partial charge >= 0.3 is 5.97 Å². The predicted molar refractivity (Wildman–Crippen MR) is 91.8 cm³/mol. The number of aromatic nitrogens is 2. The number of rotatable bonds is 8. The Bertz CT molecular complexity index is 707. The maximum Gasteiger partial charge on any atom is 0.307 e. The lowest BCUT2D eigenvalue weighted by Crippen LogP contribution is -2.26. The molecule has 0 unspecified atom stereocenters. The van der Waals surface area contributed by atoms with Gasteiger partial charge in [-0.05, 0) is 11.5 Å². The molecule has 0 saturated carbocycles. The number of nitrogens with one attached hydrogen (secondary N) is 1. The van der Waals surface area contributed by atoms with Gasteiger partial charge in [-0.2, -0.15) is 4.98 Å². The molecule has 0 atom stereocenters. The second kappa shape index (κ2) is 8.96. The lowest BCUT2D eigenvalue weighted by atomic mass is 10.0. The minimum atomic E-state index is -0.356. The van der Waals surface area contributed by atoms with E-state index in [2.05, 4.69) is 34.0 Å². The van der Waals surface area contributed by atoms with E-state index in [4.69, 9.17) is 4.52 Å². The maximum absolute atomic E-state index is 11.7. The van der Waals surface area contributed by atoms with E-state index in [0.29, 0.717) is 24.1 Å². The number of benzene rings is 1. The van der Waals surface area contributed by atoms with E-state index in [1.807, 2.05) is 24.3 Å². The van der Waals surface area contributed by atoms with Gasteiger partial charge in [0, 0.05) is 24.9 Å². The SMILES string of the molecule is COC(=O)CCNC(=O)CCc1nc(-c2ccc(C(C)C)cc2)no1. The highest BCUT2D eigenvalue weighted by Gasteiger charge is 2.11. The number of nitrogens with zero attached hydrogens (tertiary/aromatic N) is 2. The molecule has 134 valence electrons. The first-order valence-electron chi connectivity index (χ1n) is 8.26. The lowest BCUT2D eigenvalue weighted by molar-refractivity contribution is -0.140. The molecule has 1 aromatic carbocycles. The number of ether oxygens (including phenoxy) is 1. The molecule has 0 radical (unpaired) electrons. The molecule has 0 aliphatic heterocycles. The van der Waals surface area contributed by atoms with Crippen molar-refractivity contribution in [1.29, 1.82) is 0 Å². The largest absolute Gasteiger partial charge is 0.469 e. The van der Waals surface area contributed by atoms with Crippen LogP contribution in [0.1, 0.15) is 44.1 Å². The Hall–Kier alpha value is -2.70. The first kappa shape index (κ1) is 18.6. The quantitative estimate of drug-likeness (QED) is 0.739. The third kappa shape index (κ3) is 5.70. The average Bonchev–Trinajstić information content (AvgIpc) is 3.09. The lowest BCUT2D eigenvalue weighted by Gasteiger charge is -2.04. The number of carbonyl (C=O) groups is 2. The van der Waals surface area contributed by atoms with Crippen LogP contribution >= 0.6 is 0 Å². The van der Waals surface area contributed by atoms with Crippen LogP contribution in [0.15, 0.2) is 28.8 Å². The first-order chi connectivity index (χ1) is 12.0. The molecule has 1 heterocycles. The summed E-state index contributed by atoms with van der Waals surface area (Å²) in [6.07, 6.45) is 0.718. The van der Waals surface area contributed by atoms with Crippen LogP contribution in [0.2, 0.25) is 0 Å². The second-order valence-corrected chi connectivity index (χ2v) is 5.96. The van der Waals surface area contributed by atoms with Crippen LogP contribution in [0.25, 0.3) is 11.4 Å². The van der Waals surface area contributed by atoms with Gasteiger partial charge in [-0.25, -0.2) is 0 Å². The Morgan fingerprint density at radius 3 is 2.56 bits per heavy atom. The topological polar surface area (TPSA) is 94.3 Å². The number of hydrogen-bond acceptors (Lipinski definition) is 6. The van der Waals surface area contributed by atoms with Crippen LogP contribution in [-0.4, -0.2) is 35.7 Å². The van der Waals surface area contributed by atoms with Crippen molar-refractivity contribution in [2.24, 2.45) is 0 Å². The van der Waals surface area contributed by atoms with Crippen molar-refractivity contribution in [1.82, 2.24) is 15.5 Å². The van der Waals surface area contributed by atoms with Crippen LogP contribution in [-0.2, 0) is 20.7 Å². The minimum absolute atomic E-state index is 0.152. The van der Waals surface area contributed by atoms with Gasteiger partial charge in [-0.3, -0.25) is 9.59 Å². The van der Waals surface area contributed by atoms with E-state index < -0.39 is 0 Å². The fourth-order valence-corrected chi connectivity index (χ4v) is 2.21. The molecular weight excluding hydrogens is 322 g/mol. The van der Waals surface area contributed by atoms with Gasteiger partial charge in [-0.1, -0.05) is 43.3 Å². The summed E-state index contributed by atoms with van der Waals surface area (Å²) in [4.78, 5) is 27.0. The zero-order valence-electron chi connectivity index (χ0n) is 14.7. The summed E-state index contributed by atoms with van der Waals surface area (Å²) in [6.45, 7) is 4.53. The highest BCUT2D eigenvalue weighted by atomic mass is 16.5. The fourth-order valence-electron chi connectivity index (χ4n) is 2.21. The smallest absolute Gasteiger partial charge is 0.307 e. The second-order valence-electron chi connectivity index (χ2n) is 5.96. The Morgan fingerprint density at radius 1 is 1.20 bits per heavy atom. The molecule has 0 fully saturated rings. The van der Waals surface area contributed by atoms with E-state index in [1.165, 1.54) is 12.7 Å². The highest BCUT2D eigenvalue weighted by molar-refractivity contribution is 5.77. The molecule has 7 nitrogen and oxygen atoms in total. The summed E-state index contributed by atoms with van der Waals surface area (Å²) in [7, 11) is 1.31. The molecule has 1 amide bonds. The monoisotopic (exact) mass is 345 g/mol. The Kier molecular flexibility index (Phi) is 6.68. The summed E-state index contributed by atoms with van der Waals surface area (Å²) in [5.74, 6) is 0.852. The molecule has 0 spiro atoms. The summed E-state index contributed by atoms with van der Waals surface area (Å²) in [5.41, 5.74) is 2.12. The number of hydrogen-bond donors (Lipinski definition) is 1.